The zero-order valence-electron chi connectivity index (χ0n) is 21.1. The summed E-state index contributed by atoms with van der Waals surface area (Å²) >= 11 is 0. The van der Waals surface area contributed by atoms with Crippen LogP contribution in [0.15, 0.2) is 77.6 Å². The minimum absolute atomic E-state index is 0.0353. The molecule has 0 bridgehead atoms. The van der Waals surface area contributed by atoms with E-state index >= 15 is 0 Å². The molecule has 3 aromatic rings. The Morgan fingerprint density at radius 3 is 2.65 bits per heavy atom. The predicted octanol–water partition coefficient (Wildman–Crippen LogP) is 4.58. The van der Waals surface area contributed by atoms with Crippen LogP contribution in [0.1, 0.15) is 17.7 Å². The molecule has 1 saturated heterocycles. The van der Waals surface area contributed by atoms with Crippen LogP contribution in [-0.2, 0) is 16.1 Å². The number of hydroxylamine groups is 1. The number of nitrogens with zero attached hydrogens (tertiary/aromatic N) is 2. The molecule has 7 nitrogen and oxygen atoms in total. The van der Waals surface area contributed by atoms with Gasteiger partial charge in [0.2, 0.25) is 0 Å². The lowest BCUT2D eigenvalue weighted by Crippen LogP contribution is -2.50. The highest BCUT2D eigenvalue weighted by atomic mass is 16.6. The van der Waals surface area contributed by atoms with Gasteiger partial charge < -0.3 is 23.8 Å². The Kier molecular flexibility index (Phi) is 6.62. The second-order valence-corrected chi connectivity index (χ2v) is 10.2. The first-order chi connectivity index (χ1) is 18.1. The van der Waals surface area contributed by atoms with Crippen LogP contribution in [0.4, 0.5) is 5.69 Å². The number of amides is 1. The van der Waals surface area contributed by atoms with Crippen LogP contribution < -0.4 is 15.1 Å². The largest absolute Gasteiger partial charge is 0.484 e. The molecule has 6 rings (SSSR count). The number of carbonyl (C=O) groups is 1. The third-order valence-corrected chi connectivity index (χ3v) is 7.72. The second kappa shape index (κ2) is 10.3. The summed E-state index contributed by atoms with van der Waals surface area (Å²) in [7, 11) is 0. The standard InChI is InChI=1S/C30H33N3O4/c1-21-15-22(24-17-26(35-19-24)16-23-18-27(23)28-9-14-37-31-28)7-8-29(21)32-10-12-33(13-11-32)30(34)20-36-25-5-3-2-4-6-25/h2-9,14-15,17,19,23,27-28,31H,10-13,16,18,20H2,1H3. The monoisotopic (exact) mass is 499 g/mol. The van der Waals surface area contributed by atoms with E-state index in [1.54, 1.807) is 6.26 Å². The number of piperazine rings is 1. The number of hydrogen-bond donors (Lipinski definition) is 1. The molecular weight excluding hydrogens is 466 g/mol. The molecular formula is C30H33N3O4. The summed E-state index contributed by atoms with van der Waals surface area (Å²) in [6.07, 6.45) is 7.88. The average molecular weight is 500 g/mol. The van der Waals surface area contributed by atoms with Crippen LogP contribution >= 0.6 is 0 Å². The SMILES string of the molecule is Cc1cc(-c2coc(CC3CC3C3C=CON3)c2)ccc1N1CCN(C(=O)COc2ccccc2)CC1. The van der Waals surface area contributed by atoms with Crippen molar-refractivity contribution in [3.05, 3.63) is 84.5 Å². The summed E-state index contributed by atoms with van der Waals surface area (Å²) in [5.74, 6) is 3.07. The number of furan rings is 1. The third-order valence-electron chi connectivity index (χ3n) is 7.72. The highest BCUT2D eigenvalue weighted by Gasteiger charge is 2.43. The van der Waals surface area contributed by atoms with Crippen molar-refractivity contribution in [3.63, 3.8) is 0 Å². The van der Waals surface area contributed by atoms with Gasteiger partial charge in [-0.25, -0.2) is 0 Å². The van der Waals surface area contributed by atoms with Crippen molar-refractivity contribution in [2.24, 2.45) is 11.8 Å². The maximum atomic E-state index is 12.6. The number of aryl methyl sites for hydroxylation is 1. The molecule has 3 aliphatic rings. The number of rotatable bonds is 8. The smallest absolute Gasteiger partial charge is 0.260 e. The lowest BCUT2D eigenvalue weighted by Gasteiger charge is -2.36. The van der Waals surface area contributed by atoms with Crippen molar-refractivity contribution in [1.82, 2.24) is 10.4 Å². The molecule has 37 heavy (non-hydrogen) atoms. The molecule has 3 unspecified atom stereocenters. The maximum Gasteiger partial charge on any atom is 0.260 e. The highest BCUT2D eigenvalue weighted by molar-refractivity contribution is 5.78. The van der Waals surface area contributed by atoms with Gasteiger partial charge in [-0.1, -0.05) is 24.3 Å². The Morgan fingerprint density at radius 2 is 1.89 bits per heavy atom. The Bertz CT molecular complexity index is 1260. The Balaban J connectivity index is 1.01. The first kappa shape index (κ1) is 23.7. The number of hydrogen-bond acceptors (Lipinski definition) is 6. The van der Waals surface area contributed by atoms with Crippen LogP contribution in [0.3, 0.4) is 0 Å². The number of nitrogens with one attached hydrogen (secondary N) is 1. The zero-order valence-corrected chi connectivity index (χ0v) is 21.1. The molecule has 2 fully saturated rings. The third kappa shape index (κ3) is 5.37. The minimum atomic E-state index is 0.0353. The van der Waals surface area contributed by atoms with Gasteiger partial charge in [0.15, 0.2) is 6.61 Å². The molecule has 192 valence electrons. The molecule has 3 heterocycles. The summed E-state index contributed by atoms with van der Waals surface area (Å²) in [5.41, 5.74) is 7.80. The topological polar surface area (TPSA) is 67.2 Å². The van der Waals surface area contributed by atoms with Crippen LogP contribution in [0.5, 0.6) is 5.75 Å². The fourth-order valence-electron chi connectivity index (χ4n) is 5.49. The number of ether oxygens (including phenoxy) is 1. The van der Waals surface area contributed by atoms with E-state index in [1.165, 1.54) is 23.2 Å². The second-order valence-electron chi connectivity index (χ2n) is 10.2. The average Bonchev–Trinajstić information content (AvgIpc) is 3.29. The lowest BCUT2D eigenvalue weighted by molar-refractivity contribution is -0.133. The van der Waals surface area contributed by atoms with Gasteiger partial charge in [-0.2, -0.15) is 5.48 Å². The van der Waals surface area contributed by atoms with Gasteiger partial charge in [0, 0.05) is 43.9 Å². The molecule has 2 aliphatic heterocycles. The molecule has 1 saturated carbocycles. The van der Waals surface area contributed by atoms with Crippen molar-refractivity contribution in [2.75, 3.05) is 37.7 Å². The van der Waals surface area contributed by atoms with E-state index < -0.39 is 0 Å². The fourth-order valence-corrected chi connectivity index (χ4v) is 5.49. The fraction of sp³-hybridized carbons (Fsp3) is 0.367. The van der Waals surface area contributed by atoms with Crippen molar-refractivity contribution in [2.45, 2.75) is 25.8 Å². The molecule has 1 amide bonds. The first-order valence-corrected chi connectivity index (χ1v) is 13.1. The van der Waals surface area contributed by atoms with E-state index in [0.717, 1.165) is 36.6 Å². The van der Waals surface area contributed by atoms with Gasteiger partial charge in [-0.3, -0.25) is 4.79 Å². The van der Waals surface area contributed by atoms with Crippen LogP contribution in [-0.4, -0.2) is 49.6 Å². The predicted molar refractivity (Wildman–Crippen MR) is 142 cm³/mol. The number of para-hydroxylation sites is 1. The van der Waals surface area contributed by atoms with Crippen LogP contribution in [0.25, 0.3) is 11.1 Å². The molecule has 7 heteroatoms. The van der Waals surface area contributed by atoms with E-state index in [9.17, 15) is 4.79 Å². The van der Waals surface area contributed by atoms with E-state index in [1.807, 2.05) is 41.5 Å². The molecule has 1 aromatic heterocycles. The van der Waals surface area contributed by atoms with Gasteiger partial charge in [0.1, 0.15) is 17.8 Å². The quantitative estimate of drug-likeness (QED) is 0.490. The normalized spacial score (nSPS) is 22.7. The van der Waals surface area contributed by atoms with Crippen molar-refractivity contribution >= 4 is 11.6 Å². The van der Waals surface area contributed by atoms with Crippen molar-refractivity contribution in [1.29, 1.82) is 0 Å². The molecule has 0 spiro atoms. The number of benzene rings is 2. The Labute approximate surface area is 217 Å². The van der Waals surface area contributed by atoms with Gasteiger partial charge in [-0.15, -0.1) is 0 Å². The number of carbonyl (C=O) groups excluding carboxylic acids is 1. The molecule has 1 aliphatic carbocycles. The van der Waals surface area contributed by atoms with Crippen LogP contribution in [0, 0.1) is 18.8 Å². The van der Waals surface area contributed by atoms with Crippen molar-refractivity contribution in [3.8, 4) is 16.9 Å². The summed E-state index contributed by atoms with van der Waals surface area (Å²) in [5, 5.41) is 0. The van der Waals surface area contributed by atoms with E-state index in [0.29, 0.717) is 31.0 Å². The minimum Gasteiger partial charge on any atom is -0.484 e. The maximum absolute atomic E-state index is 12.6. The summed E-state index contributed by atoms with van der Waals surface area (Å²) in [4.78, 5) is 22.0. The van der Waals surface area contributed by atoms with Crippen molar-refractivity contribution < 1.29 is 18.8 Å². The summed E-state index contributed by atoms with van der Waals surface area (Å²) in [6, 6.07) is 18.6. The Hall–Kier alpha value is -3.71. The van der Waals surface area contributed by atoms with E-state index in [4.69, 9.17) is 14.0 Å². The summed E-state index contributed by atoms with van der Waals surface area (Å²) < 4.78 is 11.6. The lowest BCUT2D eigenvalue weighted by atomic mass is 10.0. The zero-order chi connectivity index (χ0) is 25.2. The Morgan fingerprint density at radius 1 is 1.05 bits per heavy atom. The molecule has 1 N–H and O–H groups in total. The van der Waals surface area contributed by atoms with Gasteiger partial charge >= 0.3 is 0 Å². The number of anilines is 1. The van der Waals surface area contributed by atoms with Gasteiger partial charge in [-0.05, 0) is 72.7 Å². The molecule has 0 radical (unpaired) electrons. The molecule has 2 aromatic carbocycles. The first-order valence-electron chi connectivity index (χ1n) is 13.1. The van der Waals surface area contributed by atoms with Gasteiger partial charge in [0.05, 0.1) is 12.3 Å². The summed E-state index contributed by atoms with van der Waals surface area (Å²) in [6.45, 7) is 5.25. The molecule has 3 atom stereocenters. The van der Waals surface area contributed by atoms with Crippen LogP contribution in [0.2, 0.25) is 0 Å². The highest BCUT2D eigenvalue weighted by Crippen LogP contribution is 2.45. The van der Waals surface area contributed by atoms with E-state index in [-0.39, 0.29) is 12.5 Å². The van der Waals surface area contributed by atoms with E-state index in [2.05, 4.69) is 47.6 Å². The van der Waals surface area contributed by atoms with Gasteiger partial charge in [0.25, 0.3) is 5.91 Å².